The maximum atomic E-state index is 14.2. The number of H-pyrrole nitrogens is 1. The van der Waals surface area contributed by atoms with Crippen molar-refractivity contribution in [3.8, 4) is 0 Å². The number of aromatic amines is 1. The second-order valence-electron chi connectivity index (χ2n) is 17.6. The van der Waals surface area contributed by atoms with Gasteiger partial charge in [-0.05, 0) is 108 Å². The van der Waals surface area contributed by atoms with Crippen molar-refractivity contribution in [2.75, 3.05) is 0 Å². The van der Waals surface area contributed by atoms with E-state index < -0.39 is 52.1 Å². The van der Waals surface area contributed by atoms with E-state index in [1.807, 2.05) is 13.0 Å². The summed E-state index contributed by atoms with van der Waals surface area (Å²) in [6, 6.07) is 4.13. The van der Waals surface area contributed by atoms with Gasteiger partial charge in [-0.25, -0.2) is 0 Å². The van der Waals surface area contributed by atoms with Crippen LogP contribution in [0.15, 0.2) is 24.3 Å². The fourth-order valence-electron chi connectivity index (χ4n) is 12.7. The Morgan fingerprint density at radius 3 is 2.47 bits per heavy atom. The van der Waals surface area contributed by atoms with E-state index >= 15 is 0 Å². The van der Waals surface area contributed by atoms with Gasteiger partial charge in [0.05, 0.1) is 23.2 Å². The van der Waals surface area contributed by atoms with Crippen LogP contribution in [0.25, 0.3) is 10.9 Å². The molecular weight excluding hydrogens is 594 g/mol. The summed E-state index contributed by atoms with van der Waals surface area (Å²) in [5, 5.41) is 14.4. The number of hydrogen-bond donors (Lipinski definition) is 2. The molecule has 7 aliphatic rings. The molecule has 4 aliphatic carbocycles. The number of aliphatic hydroxyl groups is 1. The van der Waals surface area contributed by atoms with Crippen LogP contribution in [0.1, 0.15) is 108 Å². The Labute approximate surface area is 276 Å². The van der Waals surface area contributed by atoms with Gasteiger partial charge in [0.25, 0.3) is 0 Å². The first-order valence-corrected chi connectivity index (χ1v) is 17.7. The molecule has 0 radical (unpaired) electrons. The number of rotatable bonds is 2. The maximum absolute atomic E-state index is 14.2. The van der Waals surface area contributed by atoms with Crippen molar-refractivity contribution >= 4 is 22.7 Å². The molecule has 47 heavy (non-hydrogen) atoms. The number of aromatic nitrogens is 1. The summed E-state index contributed by atoms with van der Waals surface area (Å²) >= 11 is 0. The first kappa shape index (κ1) is 30.5. The molecule has 4 unspecified atom stereocenters. The highest BCUT2D eigenvalue weighted by Crippen LogP contribution is 2.75. The molecule has 3 saturated heterocycles. The summed E-state index contributed by atoms with van der Waals surface area (Å²) in [6.07, 6.45) is 2.79. The predicted octanol–water partition coefficient (Wildman–Crippen LogP) is 5.89. The molecule has 9 rings (SSSR count). The highest BCUT2D eigenvalue weighted by molar-refractivity contribution is 6.06. The van der Waals surface area contributed by atoms with Crippen LogP contribution in [0, 0.1) is 23.2 Å². The molecule has 8 nitrogen and oxygen atoms in total. The molecule has 5 fully saturated rings. The number of carbonyl (C=O) groups excluding carboxylic acids is 2. The number of fused-ring (bicyclic) bond motifs is 10. The number of ether oxygens (including phenoxy) is 4. The number of nitrogens with one attached hydrogen (secondary N) is 1. The van der Waals surface area contributed by atoms with Gasteiger partial charge in [-0.15, -0.1) is 0 Å². The molecule has 3 aliphatic heterocycles. The molecule has 11 atom stereocenters. The summed E-state index contributed by atoms with van der Waals surface area (Å²) in [5.74, 6) is 0.0796. The van der Waals surface area contributed by atoms with Crippen molar-refractivity contribution in [3.05, 3.63) is 46.7 Å². The number of benzene rings is 1. The predicted molar refractivity (Wildman–Crippen MR) is 175 cm³/mol. The highest BCUT2D eigenvalue weighted by atomic mass is 16.7. The lowest BCUT2D eigenvalue weighted by atomic mass is 9.40. The van der Waals surface area contributed by atoms with Crippen LogP contribution >= 0.6 is 0 Å². The van der Waals surface area contributed by atoms with E-state index in [1.54, 1.807) is 0 Å². The molecule has 252 valence electrons. The smallest absolute Gasteiger partial charge is 0.303 e. The number of ketones is 1. The van der Waals surface area contributed by atoms with E-state index in [9.17, 15) is 14.7 Å². The van der Waals surface area contributed by atoms with E-state index in [0.29, 0.717) is 12.3 Å². The summed E-state index contributed by atoms with van der Waals surface area (Å²) in [5.41, 5.74) is 2.38. The average Bonchev–Trinajstić information content (AvgIpc) is 3.47. The molecule has 2 aromatic rings. The van der Waals surface area contributed by atoms with Crippen molar-refractivity contribution in [3.63, 3.8) is 0 Å². The summed E-state index contributed by atoms with van der Waals surface area (Å²) in [6.45, 7) is 20.5. The Morgan fingerprint density at radius 2 is 1.77 bits per heavy atom. The summed E-state index contributed by atoms with van der Waals surface area (Å²) in [4.78, 5) is 30.4. The molecule has 0 amide bonds. The monoisotopic (exact) mass is 643 g/mol. The van der Waals surface area contributed by atoms with Crippen LogP contribution in [0.4, 0.5) is 0 Å². The Hall–Kier alpha value is -2.52. The standard InChI is InChI=1S/C39H49NO7/c1-18(2)30-31(44-19(3)41)33-39(46-33)26(45-30)13-14-36(8)37(9)20(12-15-38(36,39)43)16-23-27-22-17-24-28(35(6,7)47-34(24,4)5)29(42)21(22)10-11-25(27)40-32(23)37/h10-11,20,24,26,28,30-31,33,40,43H,1,12-17H2,2-9H3/t20?,24?,26-,28?,30+,31+,33+,36?,37+,38-,39-/m0/s1. The first-order valence-electron chi connectivity index (χ1n) is 17.7. The van der Waals surface area contributed by atoms with Crippen LogP contribution in [0.2, 0.25) is 0 Å². The first-order chi connectivity index (χ1) is 21.9. The third kappa shape index (κ3) is 3.30. The molecule has 8 heteroatoms. The molecular formula is C39H49NO7. The molecule has 1 aromatic heterocycles. The minimum atomic E-state index is -1.20. The fourth-order valence-corrected chi connectivity index (χ4v) is 12.7. The molecule has 0 bridgehead atoms. The second-order valence-corrected chi connectivity index (χ2v) is 17.6. The van der Waals surface area contributed by atoms with Gasteiger partial charge >= 0.3 is 5.97 Å². The number of epoxide rings is 1. The summed E-state index contributed by atoms with van der Waals surface area (Å²) < 4.78 is 25.7. The van der Waals surface area contributed by atoms with Gasteiger partial charge in [0.15, 0.2) is 17.5 Å². The molecule has 1 spiro atoms. The fraction of sp³-hybridized carbons (Fsp3) is 0.692. The Kier molecular flexibility index (Phi) is 5.71. The van der Waals surface area contributed by atoms with Gasteiger partial charge < -0.3 is 29.0 Å². The molecule has 2 N–H and O–H groups in total. The van der Waals surface area contributed by atoms with E-state index in [4.69, 9.17) is 18.9 Å². The van der Waals surface area contributed by atoms with Gasteiger partial charge in [-0.2, -0.15) is 0 Å². The number of carbonyl (C=O) groups is 2. The van der Waals surface area contributed by atoms with E-state index in [-0.39, 0.29) is 29.1 Å². The third-order valence-corrected chi connectivity index (χ3v) is 14.8. The van der Waals surface area contributed by atoms with Crippen molar-refractivity contribution in [2.24, 2.45) is 23.2 Å². The SMILES string of the molecule is C=C(C)[C@H]1O[C@H]2CCC3(C)[C@@]4(C)c5[nH]c6ccc7c(c6c5CC4CC[C@@]3(O)[C@]23O[C@@H]3[C@@H]1OC(C)=O)CC1C(C7=O)C(C)(C)OC1(C)C. The Balaban J connectivity index is 1.16. The van der Waals surface area contributed by atoms with Gasteiger partial charge in [-0.1, -0.05) is 20.4 Å². The lowest BCUT2D eigenvalue weighted by Gasteiger charge is -2.66. The normalized spacial score (nSPS) is 46.3. The van der Waals surface area contributed by atoms with Crippen molar-refractivity contribution < 1.29 is 33.6 Å². The van der Waals surface area contributed by atoms with Crippen LogP contribution in [-0.2, 0) is 42.0 Å². The van der Waals surface area contributed by atoms with Crippen LogP contribution in [0.3, 0.4) is 0 Å². The van der Waals surface area contributed by atoms with E-state index in [0.717, 1.165) is 54.3 Å². The zero-order chi connectivity index (χ0) is 33.4. The zero-order valence-corrected chi connectivity index (χ0v) is 29.0. The lowest BCUT2D eigenvalue weighted by molar-refractivity contribution is -0.266. The Bertz CT molecular complexity index is 1810. The Morgan fingerprint density at radius 1 is 1.02 bits per heavy atom. The largest absolute Gasteiger partial charge is 0.457 e. The highest BCUT2D eigenvalue weighted by Gasteiger charge is 2.86. The lowest BCUT2D eigenvalue weighted by Crippen LogP contribution is -2.76. The minimum Gasteiger partial charge on any atom is -0.457 e. The number of esters is 1. The van der Waals surface area contributed by atoms with Gasteiger partial charge in [0.1, 0.15) is 17.8 Å². The van der Waals surface area contributed by atoms with Crippen molar-refractivity contribution in [1.82, 2.24) is 4.98 Å². The van der Waals surface area contributed by atoms with Gasteiger partial charge in [0.2, 0.25) is 0 Å². The average molecular weight is 644 g/mol. The summed E-state index contributed by atoms with van der Waals surface area (Å²) in [7, 11) is 0. The van der Waals surface area contributed by atoms with Gasteiger partial charge in [0, 0.05) is 45.8 Å². The topological polar surface area (TPSA) is 110 Å². The minimum absolute atomic E-state index is 0.105. The van der Waals surface area contributed by atoms with Crippen LogP contribution in [0.5, 0.6) is 0 Å². The number of Topliss-reactive ketones (excluding diaryl/α,β-unsaturated/α-hetero) is 1. The maximum Gasteiger partial charge on any atom is 0.303 e. The zero-order valence-electron chi connectivity index (χ0n) is 29.0. The molecule has 1 aromatic carbocycles. The molecule has 2 saturated carbocycles. The number of hydrogen-bond acceptors (Lipinski definition) is 7. The van der Waals surface area contributed by atoms with E-state index in [2.05, 4.69) is 59.2 Å². The van der Waals surface area contributed by atoms with Crippen LogP contribution in [-0.4, -0.2) is 68.7 Å². The quantitative estimate of drug-likeness (QED) is 0.239. The second kappa shape index (κ2) is 8.79. The molecule has 4 heterocycles. The van der Waals surface area contributed by atoms with E-state index in [1.165, 1.54) is 23.6 Å². The third-order valence-electron chi connectivity index (χ3n) is 14.8. The van der Waals surface area contributed by atoms with Crippen LogP contribution < -0.4 is 0 Å². The van der Waals surface area contributed by atoms with Crippen molar-refractivity contribution in [1.29, 1.82) is 0 Å². The van der Waals surface area contributed by atoms with Gasteiger partial charge in [-0.3, -0.25) is 9.59 Å². The van der Waals surface area contributed by atoms with Crippen molar-refractivity contribution in [2.45, 2.75) is 146 Å².